The van der Waals surface area contributed by atoms with Crippen LogP contribution in [0.5, 0.6) is 0 Å². The van der Waals surface area contributed by atoms with Crippen LogP contribution in [0.4, 0.5) is 5.69 Å². The summed E-state index contributed by atoms with van der Waals surface area (Å²) in [7, 11) is 0. The second-order valence-corrected chi connectivity index (χ2v) is 9.67. The Labute approximate surface area is 222 Å². The zero-order valence-corrected chi connectivity index (χ0v) is 21.2. The molecule has 0 bridgehead atoms. The molecule has 4 rings (SSSR count). The Kier molecular flexibility index (Phi) is 8.80. The van der Waals surface area contributed by atoms with Gasteiger partial charge in [0.05, 0.1) is 0 Å². The molecule has 1 saturated heterocycles. The van der Waals surface area contributed by atoms with Crippen LogP contribution in [0.3, 0.4) is 0 Å². The van der Waals surface area contributed by atoms with Crippen molar-refractivity contribution >= 4 is 35.0 Å². The number of hydrogen-bond donors (Lipinski definition) is 3. The van der Waals surface area contributed by atoms with Crippen LogP contribution in [0, 0.1) is 0 Å². The summed E-state index contributed by atoms with van der Waals surface area (Å²) >= 11 is 6.04. The van der Waals surface area contributed by atoms with Crippen molar-refractivity contribution in [2.45, 2.75) is 43.8 Å². The number of halogens is 1. The molecule has 37 heavy (non-hydrogen) atoms. The molecule has 1 fully saturated rings. The Morgan fingerprint density at radius 2 is 1.41 bits per heavy atom. The van der Waals surface area contributed by atoms with E-state index in [0.29, 0.717) is 11.4 Å². The summed E-state index contributed by atoms with van der Waals surface area (Å²) < 4.78 is 0. The predicted molar refractivity (Wildman–Crippen MR) is 145 cm³/mol. The molecule has 3 atom stereocenters. The summed E-state index contributed by atoms with van der Waals surface area (Å²) in [5, 5.41) is 6.36. The van der Waals surface area contributed by atoms with Gasteiger partial charge >= 0.3 is 0 Å². The lowest BCUT2D eigenvalue weighted by molar-refractivity contribution is -0.131. The first-order valence-corrected chi connectivity index (χ1v) is 12.8. The van der Waals surface area contributed by atoms with Gasteiger partial charge in [-0.05, 0) is 48.2 Å². The molecule has 1 heterocycles. The largest absolute Gasteiger partial charge is 0.368 e. The monoisotopic (exact) mass is 518 g/mol. The van der Waals surface area contributed by atoms with E-state index in [1.807, 2.05) is 77.7 Å². The van der Waals surface area contributed by atoms with Crippen molar-refractivity contribution in [1.29, 1.82) is 0 Å². The lowest BCUT2D eigenvalue weighted by Crippen LogP contribution is -2.56. The van der Waals surface area contributed by atoms with Crippen LogP contribution in [0.25, 0.3) is 0 Å². The van der Waals surface area contributed by atoms with Crippen molar-refractivity contribution in [2.24, 2.45) is 5.73 Å². The van der Waals surface area contributed by atoms with Gasteiger partial charge < -0.3 is 21.3 Å². The maximum atomic E-state index is 13.5. The highest BCUT2D eigenvalue weighted by Crippen LogP contribution is 2.27. The van der Waals surface area contributed by atoms with E-state index in [-0.39, 0.29) is 18.7 Å². The Bertz CT molecular complexity index is 1200. The number of amides is 3. The number of nitrogens with one attached hydrogen (secondary N) is 2. The van der Waals surface area contributed by atoms with Crippen molar-refractivity contribution in [3.8, 4) is 0 Å². The van der Waals surface area contributed by atoms with Gasteiger partial charge in [0.1, 0.15) is 18.1 Å². The van der Waals surface area contributed by atoms with Gasteiger partial charge in [-0.15, -0.1) is 0 Å². The first kappa shape index (κ1) is 26.2. The third kappa shape index (κ3) is 7.11. The third-order valence-corrected chi connectivity index (χ3v) is 6.82. The van der Waals surface area contributed by atoms with Gasteiger partial charge in [-0.25, -0.2) is 0 Å². The maximum absolute atomic E-state index is 13.5. The Hall–Kier alpha value is -3.84. The summed E-state index contributed by atoms with van der Waals surface area (Å²) in [4.78, 5) is 41.1. The zero-order valence-electron chi connectivity index (χ0n) is 20.5. The molecule has 3 aromatic carbocycles. The lowest BCUT2D eigenvalue weighted by Gasteiger charge is -2.28. The Morgan fingerprint density at radius 1 is 0.838 bits per heavy atom. The van der Waals surface area contributed by atoms with Crippen LogP contribution in [0.15, 0.2) is 84.9 Å². The van der Waals surface area contributed by atoms with E-state index in [1.165, 1.54) is 0 Å². The van der Waals surface area contributed by atoms with E-state index < -0.39 is 29.9 Å². The average molecular weight is 519 g/mol. The van der Waals surface area contributed by atoms with E-state index in [4.69, 9.17) is 17.3 Å². The van der Waals surface area contributed by atoms with Crippen LogP contribution in [0.1, 0.15) is 24.0 Å². The molecule has 7 nitrogen and oxygen atoms in total. The molecule has 0 saturated carbocycles. The molecule has 192 valence electrons. The van der Waals surface area contributed by atoms with Gasteiger partial charge in [0.15, 0.2) is 0 Å². The van der Waals surface area contributed by atoms with Crippen LogP contribution in [-0.2, 0) is 27.2 Å². The van der Waals surface area contributed by atoms with Crippen molar-refractivity contribution in [3.63, 3.8) is 0 Å². The third-order valence-electron chi connectivity index (χ3n) is 6.57. The molecule has 1 aliphatic heterocycles. The second kappa shape index (κ2) is 12.4. The zero-order chi connectivity index (χ0) is 26.2. The first-order valence-electron chi connectivity index (χ1n) is 12.4. The standard InChI is InChI=1S/C29H31ClN4O3/c30-22-13-15-23(16-14-22)34-17-7-12-26(34)29(37)33-25(19-21-10-5-2-6-11-21)28(36)32-24(27(31)35)18-20-8-3-1-4-9-20/h1-6,8-11,13-16,24-26H,7,12,17-19H2,(H2,31,35)(H,32,36)(H,33,37)/t24-,25-,26-/m0/s1. The van der Waals surface area contributed by atoms with Crippen LogP contribution in [-0.4, -0.2) is 42.4 Å². The van der Waals surface area contributed by atoms with Crippen LogP contribution >= 0.6 is 11.6 Å². The second-order valence-electron chi connectivity index (χ2n) is 9.23. The summed E-state index contributed by atoms with van der Waals surface area (Å²) in [5.41, 5.74) is 8.29. The molecule has 3 aromatic rings. The highest BCUT2D eigenvalue weighted by molar-refractivity contribution is 6.30. The van der Waals surface area contributed by atoms with Gasteiger partial charge in [0.25, 0.3) is 0 Å². The van der Waals surface area contributed by atoms with Gasteiger partial charge in [0, 0.05) is 30.1 Å². The summed E-state index contributed by atoms with van der Waals surface area (Å²) in [6.07, 6.45) is 2.08. The Balaban J connectivity index is 1.50. The minimum absolute atomic E-state index is 0.234. The fourth-order valence-electron chi connectivity index (χ4n) is 4.65. The number of benzene rings is 3. The molecule has 3 amide bonds. The maximum Gasteiger partial charge on any atom is 0.243 e. The number of carbonyl (C=O) groups is 3. The molecule has 0 aromatic heterocycles. The molecular weight excluding hydrogens is 488 g/mol. The number of carbonyl (C=O) groups excluding carboxylic acids is 3. The highest BCUT2D eigenvalue weighted by atomic mass is 35.5. The summed E-state index contributed by atoms with van der Waals surface area (Å²) in [6.45, 7) is 0.732. The fraction of sp³-hybridized carbons (Fsp3) is 0.276. The smallest absolute Gasteiger partial charge is 0.243 e. The van der Waals surface area contributed by atoms with Crippen molar-refractivity contribution in [2.75, 3.05) is 11.4 Å². The molecule has 4 N–H and O–H groups in total. The van der Waals surface area contributed by atoms with E-state index in [0.717, 1.165) is 29.8 Å². The van der Waals surface area contributed by atoms with Gasteiger partial charge in [-0.3, -0.25) is 14.4 Å². The summed E-state index contributed by atoms with van der Waals surface area (Å²) in [6, 6.07) is 24.0. The molecule has 0 radical (unpaired) electrons. The molecule has 0 unspecified atom stereocenters. The number of rotatable bonds is 10. The minimum Gasteiger partial charge on any atom is -0.368 e. The van der Waals surface area contributed by atoms with Crippen LogP contribution in [0.2, 0.25) is 5.02 Å². The number of nitrogens with two attached hydrogens (primary N) is 1. The minimum atomic E-state index is -0.901. The number of hydrogen-bond acceptors (Lipinski definition) is 4. The molecule has 1 aliphatic rings. The SMILES string of the molecule is NC(=O)[C@H](Cc1ccccc1)NC(=O)[C@H](Cc1ccccc1)NC(=O)[C@@H]1CCCN1c1ccc(Cl)cc1. The molecular formula is C29H31ClN4O3. The number of primary amides is 1. The number of anilines is 1. The predicted octanol–water partition coefficient (Wildman–Crippen LogP) is 3.25. The molecule has 0 spiro atoms. The van der Waals surface area contributed by atoms with Gasteiger partial charge in [-0.1, -0.05) is 72.3 Å². The first-order chi connectivity index (χ1) is 17.9. The van der Waals surface area contributed by atoms with E-state index in [1.54, 1.807) is 12.1 Å². The van der Waals surface area contributed by atoms with Gasteiger partial charge in [0.2, 0.25) is 17.7 Å². The normalized spacial score (nSPS) is 16.6. The van der Waals surface area contributed by atoms with Crippen molar-refractivity contribution in [1.82, 2.24) is 10.6 Å². The average Bonchev–Trinajstić information content (AvgIpc) is 3.40. The topological polar surface area (TPSA) is 105 Å². The van der Waals surface area contributed by atoms with E-state index in [9.17, 15) is 14.4 Å². The van der Waals surface area contributed by atoms with E-state index >= 15 is 0 Å². The quantitative estimate of drug-likeness (QED) is 0.383. The molecule has 0 aliphatic carbocycles. The Morgan fingerprint density at radius 3 is 1.97 bits per heavy atom. The highest BCUT2D eigenvalue weighted by Gasteiger charge is 2.34. The van der Waals surface area contributed by atoms with E-state index in [2.05, 4.69) is 10.6 Å². The van der Waals surface area contributed by atoms with Gasteiger partial charge in [-0.2, -0.15) is 0 Å². The fourth-order valence-corrected chi connectivity index (χ4v) is 4.78. The van der Waals surface area contributed by atoms with Crippen molar-refractivity contribution in [3.05, 3.63) is 101 Å². The summed E-state index contributed by atoms with van der Waals surface area (Å²) in [5.74, 6) is -1.32. The number of nitrogens with zero attached hydrogens (tertiary/aromatic N) is 1. The molecule has 8 heteroatoms. The van der Waals surface area contributed by atoms with Crippen LogP contribution < -0.4 is 21.3 Å². The van der Waals surface area contributed by atoms with Crippen molar-refractivity contribution < 1.29 is 14.4 Å². The lowest BCUT2D eigenvalue weighted by atomic mass is 10.0.